The largest absolute Gasteiger partial charge is 0.314 e. The molecule has 0 saturated carbocycles. The molecule has 1 aliphatic rings. The second-order valence-electron chi connectivity index (χ2n) is 5.47. The minimum absolute atomic E-state index is 0.655. The van der Waals surface area contributed by atoms with E-state index in [0.29, 0.717) is 6.04 Å². The SMILES string of the molecule is CCN1CCC(C(C)NCCc2ccc(Br)s2)CC1. The van der Waals surface area contributed by atoms with Crippen LogP contribution in [0.5, 0.6) is 0 Å². The first-order valence-corrected chi connectivity index (χ1v) is 9.00. The molecule has 1 N–H and O–H groups in total. The molecule has 0 amide bonds. The quantitative estimate of drug-likeness (QED) is 0.844. The minimum Gasteiger partial charge on any atom is -0.314 e. The van der Waals surface area contributed by atoms with Crippen molar-refractivity contribution in [1.29, 1.82) is 0 Å². The summed E-state index contributed by atoms with van der Waals surface area (Å²) in [6.07, 6.45) is 3.85. The highest BCUT2D eigenvalue weighted by Crippen LogP contribution is 2.23. The number of rotatable bonds is 6. The van der Waals surface area contributed by atoms with Gasteiger partial charge in [-0.15, -0.1) is 11.3 Å². The predicted molar refractivity (Wildman–Crippen MR) is 88.0 cm³/mol. The van der Waals surface area contributed by atoms with Crippen molar-refractivity contribution in [3.8, 4) is 0 Å². The second kappa shape index (κ2) is 7.77. The molecule has 0 bridgehead atoms. The van der Waals surface area contributed by atoms with Gasteiger partial charge in [0.05, 0.1) is 3.79 Å². The van der Waals surface area contributed by atoms with Crippen molar-refractivity contribution in [2.24, 2.45) is 5.92 Å². The number of hydrogen-bond acceptors (Lipinski definition) is 3. The first kappa shape index (κ1) is 15.5. The standard InChI is InChI=1S/C15H25BrN2S/c1-3-18-10-7-13(8-11-18)12(2)17-9-6-14-4-5-15(16)19-14/h4-5,12-13,17H,3,6-11H2,1-2H3. The molecule has 1 saturated heterocycles. The van der Waals surface area contributed by atoms with Crippen LogP contribution in [-0.2, 0) is 6.42 Å². The van der Waals surface area contributed by atoms with Crippen molar-refractivity contribution in [3.63, 3.8) is 0 Å². The van der Waals surface area contributed by atoms with Gasteiger partial charge in [0, 0.05) is 17.5 Å². The average molecular weight is 345 g/mol. The maximum atomic E-state index is 3.72. The van der Waals surface area contributed by atoms with Crippen LogP contribution in [0.4, 0.5) is 0 Å². The van der Waals surface area contributed by atoms with Crippen LogP contribution < -0.4 is 5.32 Å². The predicted octanol–water partition coefficient (Wildman–Crippen LogP) is 3.76. The van der Waals surface area contributed by atoms with Crippen molar-refractivity contribution < 1.29 is 0 Å². The average Bonchev–Trinajstić information content (AvgIpc) is 2.84. The zero-order valence-corrected chi connectivity index (χ0v) is 14.4. The second-order valence-corrected chi connectivity index (χ2v) is 8.02. The third kappa shape index (κ3) is 4.85. The molecule has 1 aliphatic heterocycles. The fourth-order valence-electron chi connectivity index (χ4n) is 2.84. The van der Waals surface area contributed by atoms with Gasteiger partial charge in [-0.2, -0.15) is 0 Å². The molecule has 2 heterocycles. The summed E-state index contributed by atoms with van der Waals surface area (Å²) in [5.41, 5.74) is 0. The number of thiophene rings is 1. The summed E-state index contributed by atoms with van der Waals surface area (Å²) in [6, 6.07) is 5.02. The Kier molecular flexibility index (Phi) is 6.33. The Morgan fingerprint density at radius 2 is 2.16 bits per heavy atom. The lowest BCUT2D eigenvalue weighted by atomic mass is 9.90. The van der Waals surface area contributed by atoms with Crippen molar-refractivity contribution in [2.45, 2.75) is 39.2 Å². The smallest absolute Gasteiger partial charge is 0.0701 e. The third-order valence-corrected chi connectivity index (χ3v) is 5.94. The number of hydrogen-bond donors (Lipinski definition) is 1. The van der Waals surface area contributed by atoms with Crippen LogP contribution in [0.25, 0.3) is 0 Å². The van der Waals surface area contributed by atoms with Gasteiger partial charge in [0.1, 0.15) is 0 Å². The Morgan fingerprint density at radius 1 is 1.42 bits per heavy atom. The normalized spacial score (nSPS) is 19.7. The molecule has 19 heavy (non-hydrogen) atoms. The molecule has 1 atom stereocenters. The third-order valence-electron chi connectivity index (χ3n) is 4.25. The van der Waals surface area contributed by atoms with Crippen LogP contribution in [0, 0.1) is 5.92 Å². The molecule has 2 nitrogen and oxygen atoms in total. The van der Waals surface area contributed by atoms with Crippen LogP contribution in [0.2, 0.25) is 0 Å². The summed E-state index contributed by atoms with van der Waals surface area (Å²) < 4.78 is 1.24. The summed E-state index contributed by atoms with van der Waals surface area (Å²) in [5, 5.41) is 3.72. The van der Waals surface area contributed by atoms with E-state index in [-0.39, 0.29) is 0 Å². The number of likely N-dealkylation sites (tertiary alicyclic amines) is 1. The fourth-order valence-corrected chi connectivity index (χ4v) is 4.33. The zero-order valence-electron chi connectivity index (χ0n) is 12.0. The van der Waals surface area contributed by atoms with Crippen molar-refractivity contribution in [2.75, 3.05) is 26.2 Å². The Hall–Kier alpha value is 0.1000. The summed E-state index contributed by atoms with van der Waals surface area (Å²) in [6.45, 7) is 9.50. The van der Waals surface area contributed by atoms with Gasteiger partial charge in [-0.1, -0.05) is 6.92 Å². The van der Waals surface area contributed by atoms with E-state index in [1.807, 2.05) is 11.3 Å². The maximum absolute atomic E-state index is 3.72. The van der Waals surface area contributed by atoms with E-state index in [4.69, 9.17) is 0 Å². The van der Waals surface area contributed by atoms with Gasteiger partial charge < -0.3 is 10.2 Å². The van der Waals surface area contributed by atoms with Gasteiger partial charge in [0.15, 0.2) is 0 Å². The molecular weight excluding hydrogens is 320 g/mol. The van der Waals surface area contributed by atoms with Crippen LogP contribution >= 0.6 is 27.3 Å². The van der Waals surface area contributed by atoms with E-state index in [9.17, 15) is 0 Å². The van der Waals surface area contributed by atoms with Crippen LogP contribution in [0.3, 0.4) is 0 Å². The van der Waals surface area contributed by atoms with E-state index < -0.39 is 0 Å². The minimum atomic E-state index is 0.655. The number of halogens is 1. The molecule has 1 fully saturated rings. The zero-order chi connectivity index (χ0) is 13.7. The molecule has 1 aromatic rings. The Morgan fingerprint density at radius 3 is 2.74 bits per heavy atom. The van der Waals surface area contributed by atoms with Gasteiger partial charge in [-0.25, -0.2) is 0 Å². The molecule has 4 heteroatoms. The number of nitrogens with zero attached hydrogens (tertiary/aromatic N) is 1. The maximum Gasteiger partial charge on any atom is 0.0701 e. The molecule has 0 aliphatic carbocycles. The van der Waals surface area contributed by atoms with Crippen molar-refractivity contribution in [3.05, 3.63) is 20.8 Å². The molecule has 0 spiro atoms. The van der Waals surface area contributed by atoms with Gasteiger partial charge in [0.25, 0.3) is 0 Å². The van der Waals surface area contributed by atoms with Gasteiger partial charge in [-0.3, -0.25) is 0 Å². The highest BCUT2D eigenvalue weighted by atomic mass is 79.9. The van der Waals surface area contributed by atoms with E-state index in [0.717, 1.165) is 18.9 Å². The van der Waals surface area contributed by atoms with Crippen molar-refractivity contribution in [1.82, 2.24) is 10.2 Å². The Labute approximate surface area is 129 Å². The summed E-state index contributed by atoms with van der Waals surface area (Å²) in [7, 11) is 0. The summed E-state index contributed by atoms with van der Waals surface area (Å²) in [5.74, 6) is 0.859. The van der Waals surface area contributed by atoms with Crippen molar-refractivity contribution >= 4 is 27.3 Å². The summed E-state index contributed by atoms with van der Waals surface area (Å²) >= 11 is 5.37. The Balaban J connectivity index is 1.65. The molecule has 1 aromatic heterocycles. The molecule has 2 rings (SSSR count). The van der Waals surface area contributed by atoms with Crippen LogP contribution in [0.1, 0.15) is 31.6 Å². The highest BCUT2D eigenvalue weighted by molar-refractivity contribution is 9.11. The first-order chi connectivity index (χ1) is 9.19. The van der Waals surface area contributed by atoms with E-state index in [2.05, 4.69) is 52.1 Å². The number of piperidine rings is 1. The Bertz CT molecular complexity index is 372. The summed E-state index contributed by atoms with van der Waals surface area (Å²) in [4.78, 5) is 4.03. The van der Waals surface area contributed by atoms with E-state index >= 15 is 0 Å². The molecule has 0 radical (unpaired) electrons. The lowest BCUT2D eigenvalue weighted by molar-refractivity contribution is 0.169. The molecule has 108 valence electrons. The highest BCUT2D eigenvalue weighted by Gasteiger charge is 2.22. The molecular formula is C15H25BrN2S. The topological polar surface area (TPSA) is 15.3 Å². The first-order valence-electron chi connectivity index (χ1n) is 7.39. The van der Waals surface area contributed by atoms with Gasteiger partial charge in [-0.05, 0) is 79.8 Å². The molecule has 0 aromatic carbocycles. The van der Waals surface area contributed by atoms with Crippen LogP contribution in [0.15, 0.2) is 15.9 Å². The van der Waals surface area contributed by atoms with Crippen LogP contribution in [-0.4, -0.2) is 37.1 Å². The number of nitrogens with one attached hydrogen (secondary N) is 1. The van der Waals surface area contributed by atoms with Gasteiger partial charge in [0.2, 0.25) is 0 Å². The lowest BCUT2D eigenvalue weighted by Crippen LogP contribution is -2.42. The van der Waals surface area contributed by atoms with E-state index in [1.54, 1.807) is 0 Å². The van der Waals surface area contributed by atoms with E-state index in [1.165, 1.54) is 41.1 Å². The lowest BCUT2D eigenvalue weighted by Gasteiger charge is -2.34. The fraction of sp³-hybridized carbons (Fsp3) is 0.733. The monoisotopic (exact) mass is 344 g/mol. The molecule has 1 unspecified atom stereocenters. The van der Waals surface area contributed by atoms with Gasteiger partial charge >= 0.3 is 0 Å².